The van der Waals surface area contributed by atoms with Gasteiger partial charge in [0.1, 0.15) is 5.82 Å². The summed E-state index contributed by atoms with van der Waals surface area (Å²) in [5.41, 5.74) is 5.08. The second kappa shape index (κ2) is 7.84. The molecule has 0 radical (unpaired) electrons. The number of aryl methyl sites for hydroxylation is 1. The average molecular weight is 369 g/mol. The van der Waals surface area contributed by atoms with Gasteiger partial charge in [0.15, 0.2) is 0 Å². The van der Waals surface area contributed by atoms with Crippen LogP contribution in [0.3, 0.4) is 0 Å². The van der Waals surface area contributed by atoms with Gasteiger partial charge in [-0.15, -0.1) is 0 Å². The van der Waals surface area contributed by atoms with Crippen molar-refractivity contribution in [1.29, 1.82) is 0 Å². The monoisotopic (exact) mass is 369 g/mol. The number of carbonyl (C=O) groups excluding carboxylic acids is 1. The molecular formula is C22H19N5O. The van der Waals surface area contributed by atoms with E-state index in [1.165, 1.54) is 0 Å². The number of para-hydroxylation sites is 2. The predicted octanol–water partition coefficient (Wildman–Crippen LogP) is 4.20. The molecule has 28 heavy (non-hydrogen) atoms. The Morgan fingerprint density at radius 2 is 1.86 bits per heavy atom. The van der Waals surface area contributed by atoms with Crippen molar-refractivity contribution in [3.63, 3.8) is 0 Å². The van der Waals surface area contributed by atoms with E-state index in [0.717, 1.165) is 27.8 Å². The molecule has 6 nitrogen and oxygen atoms in total. The smallest absolute Gasteiger partial charge is 0.257 e. The second-order valence-corrected chi connectivity index (χ2v) is 6.50. The zero-order valence-corrected chi connectivity index (χ0v) is 15.4. The van der Waals surface area contributed by atoms with Crippen LogP contribution in [0.25, 0.3) is 11.0 Å². The largest absolute Gasteiger partial charge is 0.365 e. The van der Waals surface area contributed by atoms with Crippen LogP contribution >= 0.6 is 0 Å². The number of hydrogen-bond donors (Lipinski definition) is 2. The lowest BCUT2D eigenvalue weighted by Gasteiger charge is -2.11. The summed E-state index contributed by atoms with van der Waals surface area (Å²) in [6.07, 6.45) is 4.91. The van der Waals surface area contributed by atoms with Gasteiger partial charge in [0.05, 0.1) is 22.8 Å². The van der Waals surface area contributed by atoms with Crippen molar-refractivity contribution in [3.8, 4) is 0 Å². The molecule has 0 spiro atoms. The average Bonchev–Trinajstić information content (AvgIpc) is 2.72. The SMILES string of the molecule is Cc1cc(CNc2cnc3ccccc3n2)cc(NC(=O)c2cccnc2)c1. The topological polar surface area (TPSA) is 79.8 Å². The molecule has 0 aliphatic carbocycles. The van der Waals surface area contributed by atoms with Crippen molar-refractivity contribution in [2.45, 2.75) is 13.5 Å². The number of anilines is 2. The van der Waals surface area contributed by atoms with Gasteiger partial charge >= 0.3 is 0 Å². The van der Waals surface area contributed by atoms with E-state index >= 15 is 0 Å². The summed E-state index contributed by atoms with van der Waals surface area (Å²) < 4.78 is 0. The number of amides is 1. The minimum absolute atomic E-state index is 0.182. The highest BCUT2D eigenvalue weighted by Crippen LogP contribution is 2.17. The van der Waals surface area contributed by atoms with Crippen LogP contribution in [0.2, 0.25) is 0 Å². The van der Waals surface area contributed by atoms with E-state index in [4.69, 9.17) is 0 Å². The zero-order valence-electron chi connectivity index (χ0n) is 15.4. The number of hydrogen-bond acceptors (Lipinski definition) is 5. The third-order valence-electron chi connectivity index (χ3n) is 4.24. The molecule has 2 N–H and O–H groups in total. The minimum atomic E-state index is -0.182. The summed E-state index contributed by atoms with van der Waals surface area (Å²) in [6, 6.07) is 17.2. The van der Waals surface area contributed by atoms with Crippen molar-refractivity contribution in [3.05, 3.63) is 89.9 Å². The van der Waals surface area contributed by atoms with Gasteiger partial charge < -0.3 is 10.6 Å². The van der Waals surface area contributed by atoms with Crippen molar-refractivity contribution < 1.29 is 4.79 Å². The van der Waals surface area contributed by atoms with Crippen LogP contribution in [-0.4, -0.2) is 20.9 Å². The van der Waals surface area contributed by atoms with Crippen molar-refractivity contribution in [2.24, 2.45) is 0 Å². The second-order valence-electron chi connectivity index (χ2n) is 6.50. The van der Waals surface area contributed by atoms with Crippen molar-refractivity contribution in [1.82, 2.24) is 15.0 Å². The van der Waals surface area contributed by atoms with E-state index in [1.807, 2.05) is 43.3 Å². The van der Waals surface area contributed by atoms with Crippen LogP contribution in [0.5, 0.6) is 0 Å². The molecular weight excluding hydrogens is 350 g/mol. The van der Waals surface area contributed by atoms with Crippen LogP contribution in [0.15, 0.2) is 73.2 Å². The molecule has 2 aromatic heterocycles. The molecule has 4 aromatic rings. The third-order valence-corrected chi connectivity index (χ3v) is 4.24. The molecule has 0 unspecified atom stereocenters. The first-order valence-corrected chi connectivity index (χ1v) is 8.95. The quantitative estimate of drug-likeness (QED) is 0.551. The highest BCUT2D eigenvalue weighted by atomic mass is 16.1. The first-order valence-electron chi connectivity index (χ1n) is 8.95. The molecule has 0 fully saturated rings. The van der Waals surface area contributed by atoms with Crippen molar-refractivity contribution >= 4 is 28.4 Å². The number of pyridine rings is 1. The summed E-state index contributed by atoms with van der Waals surface area (Å²) >= 11 is 0. The number of nitrogens with one attached hydrogen (secondary N) is 2. The highest BCUT2D eigenvalue weighted by Gasteiger charge is 2.07. The first kappa shape index (κ1) is 17.6. The number of fused-ring (bicyclic) bond motifs is 1. The van der Waals surface area contributed by atoms with Gasteiger partial charge in [-0.25, -0.2) is 4.98 Å². The lowest BCUT2D eigenvalue weighted by molar-refractivity contribution is 0.102. The summed E-state index contributed by atoms with van der Waals surface area (Å²) in [5, 5.41) is 6.22. The Bertz CT molecular complexity index is 1130. The maximum atomic E-state index is 12.4. The number of nitrogens with zero attached hydrogens (tertiary/aromatic N) is 3. The fourth-order valence-electron chi connectivity index (χ4n) is 2.97. The van der Waals surface area contributed by atoms with E-state index in [2.05, 4.69) is 31.7 Å². The molecule has 0 aliphatic heterocycles. The molecule has 6 heteroatoms. The van der Waals surface area contributed by atoms with Crippen LogP contribution in [0.4, 0.5) is 11.5 Å². The van der Waals surface area contributed by atoms with Gasteiger partial charge in [0.25, 0.3) is 5.91 Å². The molecule has 2 heterocycles. The standard InChI is InChI=1S/C22H19N5O/c1-15-9-16(11-18(10-15)26-22(28)17-5-4-8-23-13-17)12-25-21-14-24-19-6-2-3-7-20(19)27-21/h2-11,13-14H,12H2,1H3,(H,25,27)(H,26,28). The highest BCUT2D eigenvalue weighted by molar-refractivity contribution is 6.04. The predicted molar refractivity (Wildman–Crippen MR) is 110 cm³/mol. The van der Waals surface area contributed by atoms with Gasteiger partial charge in [-0.2, -0.15) is 0 Å². The Hall–Kier alpha value is -3.80. The summed E-state index contributed by atoms with van der Waals surface area (Å²) in [5.74, 6) is 0.527. The number of rotatable bonds is 5. The van der Waals surface area contributed by atoms with Crippen LogP contribution in [0.1, 0.15) is 21.5 Å². The molecule has 1 amide bonds. The van der Waals surface area contributed by atoms with Crippen LogP contribution in [0, 0.1) is 6.92 Å². The maximum absolute atomic E-state index is 12.4. The summed E-state index contributed by atoms with van der Waals surface area (Å²) in [4.78, 5) is 25.3. The Morgan fingerprint density at radius 1 is 1.00 bits per heavy atom. The lowest BCUT2D eigenvalue weighted by Crippen LogP contribution is -2.12. The van der Waals surface area contributed by atoms with Gasteiger partial charge in [0, 0.05) is 24.6 Å². The van der Waals surface area contributed by atoms with E-state index in [-0.39, 0.29) is 5.91 Å². The third kappa shape index (κ3) is 4.12. The fourth-order valence-corrected chi connectivity index (χ4v) is 2.97. The first-order chi connectivity index (χ1) is 13.7. The summed E-state index contributed by atoms with van der Waals surface area (Å²) in [6.45, 7) is 2.57. The number of carbonyl (C=O) groups is 1. The molecule has 0 saturated heterocycles. The zero-order chi connectivity index (χ0) is 19.3. The Labute approximate surface area is 162 Å². The minimum Gasteiger partial charge on any atom is -0.365 e. The Balaban J connectivity index is 1.48. The van der Waals surface area contributed by atoms with Crippen LogP contribution in [-0.2, 0) is 6.54 Å². The van der Waals surface area contributed by atoms with Gasteiger partial charge in [-0.05, 0) is 54.4 Å². The summed E-state index contributed by atoms with van der Waals surface area (Å²) in [7, 11) is 0. The fraction of sp³-hybridized carbons (Fsp3) is 0.0909. The Morgan fingerprint density at radius 3 is 2.68 bits per heavy atom. The van der Waals surface area contributed by atoms with E-state index < -0.39 is 0 Å². The molecule has 138 valence electrons. The van der Waals surface area contributed by atoms with E-state index in [9.17, 15) is 4.79 Å². The molecule has 0 bridgehead atoms. The molecule has 0 aliphatic rings. The molecule has 4 rings (SSSR count). The van der Waals surface area contributed by atoms with Gasteiger partial charge in [0.2, 0.25) is 0 Å². The van der Waals surface area contributed by atoms with Gasteiger partial charge in [-0.3, -0.25) is 14.8 Å². The van der Waals surface area contributed by atoms with Crippen LogP contribution < -0.4 is 10.6 Å². The van der Waals surface area contributed by atoms with Gasteiger partial charge in [-0.1, -0.05) is 18.2 Å². The normalized spacial score (nSPS) is 10.6. The van der Waals surface area contributed by atoms with Crippen molar-refractivity contribution in [2.75, 3.05) is 10.6 Å². The lowest BCUT2D eigenvalue weighted by atomic mass is 10.1. The number of aromatic nitrogens is 3. The molecule has 2 aromatic carbocycles. The van der Waals surface area contributed by atoms with E-state index in [0.29, 0.717) is 17.9 Å². The van der Waals surface area contributed by atoms with E-state index in [1.54, 1.807) is 30.7 Å². The number of benzene rings is 2. The molecule has 0 atom stereocenters. The molecule has 0 saturated carbocycles. The maximum Gasteiger partial charge on any atom is 0.257 e. The Kier molecular flexibility index (Phi) is 4.93.